The van der Waals surface area contributed by atoms with Crippen molar-refractivity contribution in [2.24, 2.45) is 4.99 Å². The lowest BCUT2D eigenvalue weighted by atomic mass is 10.1. The van der Waals surface area contributed by atoms with Gasteiger partial charge in [0.05, 0.1) is 28.8 Å². The molecule has 1 amide bonds. The number of ether oxygens (including phenoxy) is 2. The summed E-state index contributed by atoms with van der Waals surface area (Å²) >= 11 is 7.71. The number of aryl methyl sites for hydroxylation is 1. The molecule has 1 saturated heterocycles. The van der Waals surface area contributed by atoms with Gasteiger partial charge in [0.25, 0.3) is 5.91 Å². The van der Waals surface area contributed by atoms with Gasteiger partial charge in [-0.2, -0.15) is 0 Å². The van der Waals surface area contributed by atoms with E-state index in [4.69, 9.17) is 21.1 Å². The maximum absolute atomic E-state index is 12.4. The number of aliphatic imine (C=N–C) groups is 1. The number of nitrogens with zero attached hydrogens (tertiary/aromatic N) is 1. The van der Waals surface area contributed by atoms with Gasteiger partial charge in [0.15, 0.2) is 16.7 Å². The van der Waals surface area contributed by atoms with E-state index in [1.165, 1.54) is 11.8 Å². The van der Waals surface area contributed by atoms with Crippen LogP contribution < -0.4 is 14.8 Å². The average molecular weight is 431 g/mol. The third-order valence-electron chi connectivity index (χ3n) is 4.33. The Morgan fingerprint density at radius 3 is 2.79 bits per heavy atom. The van der Waals surface area contributed by atoms with E-state index in [1.54, 1.807) is 25.3 Å². The third-order valence-corrected chi connectivity index (χ3v) is 5.52. The molecular formula is C22H23ClN2O3S. The first-order valence-corrected chi connectivity index (χ1v) is 10.5. The first-order chi connectivity index (χ1) is 13.9. The molecule has 152 valence electrons. The van der Waals surface area contributed by atoms with E-state index in [1.807, 2.05) is 45.0 Å². The molecule has 2 aromatic rings. The Morgan fingerprint density at radius 2 is 2.10 bits per heavy atom. The summed E-state index contributed by atoms with van der Waals surface area (Å²) in [5, 5.41) is 3.78. The van der Waals surface area contributed by atoms with Gasteiger partial charge in [-0.3, -0.25) is 4.79 Å². The second-order valence-electron chi connectivity index (χ2n) is 6.69. The van der Waals surface area contributed by atoms with E-state index < -0.39 is 0 Å². The third kappa shape index (κ3) is 5.34. The van der Waals surface area contributed by atoms with E-state index in [9.17, 15) is 4.79 Å². The zero-order valence-corrected chi connectivity index (χ0v) is 18.4. The maximum Gasteiger partial charge on any atom is 0.264 e. The minimum atomic E-state index is -0.198. The van der Waals surface area contributed by atoms with Gasteiger partial charge in [-0.05, 0) is 73.5 Å². The molecule has 0 aliphatic carbocycles. The Kier molecular flexibility index (Phi) is 6.87. The van der Waals surface area contributed by atoms with Gasteiger partial charge in [0.2, 0.25) is 0 Å². The van der Waals surface area contributed by atoms with Gasteiger partial charge in [0.1, 0.15) is 0 Å². The lowest BCUT2D eigenvalue weighted by Gasteiger charge is -2.17. The second-order valence-corrected chi connectivity index (χ2v) is 8.13. The second kappa shape index (κ2) is 9.37. The van der Waals surface area contributed by atoms with Crippen LogP contribution in [0.15, 0.2) is 46.3 Å². The largest absolute Gasteiger partial charge is 0.493 e. The first-order valence-electron chi connectivity index (χ1n) is 9.30. The number of thioether (sulfide) groups is 1. The van der Waals surface area contributed by atoms with Gasteiger partial charge < -0.3 is 14.8 Å². The van der Waals surface area contributed by atoms with Crippen molar-refractivity contribution in [3.63, 3.8) is 0 Å². The molecule has 0 radical (unpaired) electrons. The smallest absolute Gasteiger partial charge is 0.264 e. The van der Waals surface area contributed by atoms with Crippen molar-refractivity contribution in [1.82, 2.24) is 5.32 Å². The summed E-state index contributed by atoms with van der Waals surface area (Å²) in [5.41, 5.74) is 2.65. The molecule has 0 bridgehead atoms. The lowest BCUT2D eigenvalue weighted by molar-refractivity contribution is -0.115. The highest BCUT2D eigenvalue weighted by Gasteiger charge is 2.24. The summed E-state index contributed by atoms with van der Waals surface area (Å²) in [7, 11) is 1.57. The molecular weight excluding hydrogens is 408 g/mol. The molecule has 1 atom stereocenters. The maximum atomic E-state index is 12.4. The Balaban J connectivity index is 1.86. The topological polar surface area (TPSA) is 59.9 Å². The van der Waals surface area contributed by atoms with Crippen LogP contribution in [-0.4, -0.2) is 24.3 Å². The van der Waals surface area contributed by atoms with E-state index in [2.05, 4.69) is 10.3 Å². The summed E-state index contributed by atoms with van der Waals surface area (Å²) in [6.07, 6.45) is 2.63. The fraction of sp³-hybridized carbons (Fsp3) is 0.273. The van der Waals surface area contributed by atoms with Crippen LogP contribution in [0.3, 0.4) is 0 Å². The Bertz CT molecular complexity index is 988. The molecule has 0 unspecified atom stereocenters. The minimum Gasteiger partial charge on any atom is -0.493 e. The van der Waals surface area contributed by atoms with E-state index in [-0.39, 0.29) is 12.0 Å². The van der Waals surface area contributed by atoms with Crippen molar-refractivity contribution in [3.8, 4) is 11.5 Å². The molecule has 1 fully saturated rings. The van der Waals surface area contributed by atoms with Gasteiger partial charge in [-0.25, -0.2) is 4.99 Å². The summed E-state index contributed by atoms with van der Waals surface area (Å²) < 4.78 is 11.3. The Morgan fingerprint density at radius 1 is 1.31 bits per heavy atom. The number of halogens is 1. The first kappa shape index (κ1) is 21.3. The number of hydrogen-bond donors (Lipinski definition) is 1. The number of rotatable bonds is 6. The molecule has 1 heterocycles. The molecule has 1 aliphatic rings. The predicted molar refractivity (Wildman–Crippen MR) is 120 cm³/mol. The van der Waals surface area contributed by atoms with Crippen molar-refractivity contribution in [2.75, 3.05) is 7.11 Å². The summed E-state index contributed by atoms with van der Waals surface area (Å²) in [5.74, 6) is 0.842. The van der Waals surface area contributed by atoms with Crippen molar-refractivity contribution in [2.45, 2.75) is 33.3 Å². The van der Waals surface area contributed by atoms with Gasteiger partial charge in [-0.1, -0.05) is 30.7 Å². The fourth-order valence-electron chi connectivity index (χ4n) is 2.67. The van der Waals surface area contributed by atoms with E-state index in [0.717, 1.165) is 23.2 Å². The molecule has 0 aromatic heterocycles. The van der Waals surface area contributed by atoms with E-state index >= 15 is 0 Å². The van der Waals surface area contributed by atoms with Crippen LogP contribution >= 0.6 is 23.4 Å². The zero-order valence-electron chi connectivity index (χ0n) is 16.8. The predicted octanol–water partition coefficient (Wildman–Crippen LogP) is 5.73. The molecule has 2 aromatic carbocycles. The molecule has 1 aliphatic heterocycles. The minimum absolute atomic E-state index is 0.0159. The SMILES string of the molecule is CC[C@@H](C)Oc1c(Cl)cc(/C=C2\SC(=Nc3cccc(C)c3)NC2=O)cc1OC. The van der Waals surface area contributed by atoms with Gasteiger partial charge in [0, 0.05) is 0 Å². The standard InChI is InChI=1S/C22H23ClN2O3S/c1-5-14(3)28-20-17(23)10-15(11-18(20)27-4)12-19-21(26)25-22(29-19)24-16-8-6-7-13(2)9-16/h6-12,14H,5H2,1-4H3,(H,24,25,26)/b19-12-/t14-/m1/s1. The molecule has 3 rings (SSSR count). The summed E-state index contributed by atoms with van der Waals surface area (Å²) in [6, 6.07) is 11.4. The van der Waals surface area contributed by atoms with Crippen LogP contribution in [-0.2, 0) is 4.79 Å². The van der Waals surface area contributed by atoms with Gasteiger partial charge >= 0.3 is 0 Å². The van der Waals surface area contributed by atoms with Crippen molar-refractivity contribution < 1.29 is 14.3 Å². The number of benzene rings is 2. The Labute approximate surface area is 180 Å². The number of amides is 1. The van der Waals surface area contributed by atoms with Crippen LogP contribution in [0.5, 0.6) is 11.5 Å². The normalized spacial score (nSPS) is 17.5. The van der Waals surface area contributed by atoms with Crippen LogP contribution in [0.2, 0.25) is 5.02 Å². The zero-order chi connectivity index (χ0) is 21.0. The molecule has 7 heteroatoms. The molecule has 29 heavy (non-hydrogen) atoms. The molecule has 0 saturated carbocycles. The van der Waals surface area contributed by atoms with Crippen LogP contribution in [0.1, 0.15) is 31.4 Å². The van der Waals surface area contributed by atoms with Crippen LogP contribution in [0.25, 0.3) is 6.08 Å². The Hall–Kier alpha value is -2.44. The highest BCUT2D eigenvalue weighted by molar-refractivity contribution is 8.18. The fourth-order valence-corrected chi connectivity index (χ4v) is 3.77. The summed E-state index contributed by atoms with van der Waals surface area (Å²) in [6.45, 7) is 6.01. The van der Waals surface area contributed by atoms with Crippen LogP contribution in [0, 0.1) is 6.92 Å². The average Bonchev–Trinajstić information content (AvgIpc) is 3.02. The highest BCUT2D eigenvalue weighted by atomic mass is 35.5. The van der Waals surface area contributed by atoms with Gasteiger partial charge in [-0.15, -0.1) is 0 Å². The lowest BCUT2D eigenvalue weighted by Crippen LogP contribution is -2.19. The number of methoxy groups -OCH3 is 1. The number of carbonyl (C=O) groups excluding carboxylic acids is 1. The van der Waals surface area contributed by atoms with Crippen molar-refractivity contribution in [1.29, 1.82) is 0 Å². The summed E-state index contributed by atoms with van der Waals surface area (Å²) in [4.78, 5) is 17.4. The molecule has 0 spiro atoms. The molecule has 5 nitrogen and oxygen atoms in total. The quantitative estimate of drug-likeness (QED) is 0.595. The number of amidine groups is 1. The number of hydrogen-bond acceptors (Lipinski definition) is 5. The van der Waals surface area contributed by atoms with Crippen molar-refractivity contribution in [3.05, 3.63) is 57.5 Å². The number of nitrogens with one attached hydrogen (secondary N) is 1. The van der Waals surface area contributed by atoms with E-state index in [0.29, 0.717) is 26.6 Å². The number of carbonyl (C=O) groups is 1. The van der Waals surface area contributed by atoms with Crippen LogP contribution in [0.4, 0.5) is 5.69 Å². The van der Waals surface area contributed by atoms with Crippen molar-refractivity contribution >= 4 is 46.2 Å². The molecule has 1 N–H and O–H groups in total. The highest BCUT2D eigenvalue weighted by Crippen LogP contribution is 2.39. The monoisotopic (exact) mass is 430 g/mol.